The lowest BCUT2D eigenvalue weighted by Gasteiger charge is -2.28. The fourth-order valence-electron chi connectivity index (χ4n) is 2.16. The monoisotopic (exact) mass is 244 g/mol. The van der Waals surface area contributed by atoms with Gasteiger partial charge < -0.3 is 9.47 Å². The van der Waals surface area contributed by atoms with Crippen molar-refractivity contribution in [1.29, 1.82) is 0 Å². The molecule has 0 bridgehead atoms. The highest BCUT2D eigenvalue weighted by atomic mass is 16.6. The Hall–Kier alpha value is -1.87. The summed E-state index contributed by atoms with van der Waals surface area (Å²) in [7, 11) is 0. The smallest absolute Gasteiger partial charge is 0.347 e. The van der Waals surface area contributed by atoms with Gasteiger partial charge in [0.25, 0.3) is 0 Å². The first-order valence-corrected chi connectivity index (χ1v) is 5.95. The van der Waals surface area contributed by atoms with Crippen molar-refractivity contribution in [2.45, 2.75) is 12.5 Å². The van der Waals surface area contributed by atoms with E-state index >= 15 is 0 Å². The van der Waals surface area contributed by atoms with Crippen molar-refractivity contribution in [2.75, 3.05) is 13.2 Å². The molecule has 0 radical (unpaired) electrons. The number of hydrogen-bond acceptors (Lipinski definition) is 3. The van der Waals surface area contributed by atoms with Crippen LogP contribution in [0.1, 0.15) is 12.5 Å². The molecule has 1 aliphatic rings. The van der Waals surface area contributed by atoms with E-state index in [1.54, 1.807) is 13.0 Å². The Morgan fingerprint density at radius 1 is 1.50 bits per heavy atom. The molecule has 0 fully saturated rings. The van der Waals surface area contributed by atoms with Gasteiger partial charge in [-0.15, -0.1) is 0 Å². The second-order valence-corrected chi connectivity index (χ2v) is 3.94. The molecule has 3 heteroatoms. The minimum atomic E-state index is -1.15. The van der Waals surface area contributed by atoms with Crippen LogP contribution in [0, 0.1) is 0 Å². The largest absolute Gasteiger partial charge is 0.463 e. The zero-order chi connectivity index (χ0) is 13.0. The molecule has 0 N–H and O–H groups in total. The molecule has 2 rings (SSSR count). The fourth-order valence-corrected chi connectivity index (χ4v) is 2.16. The van der Waals surface area contributed by atoms with E-state index in [1.165, 1.54) is 0 Å². The Morgan fingerprint density at radius 3 is 2.83 bits per heavy atom. The maximum Gasteiger partial charge on any atom is 0.347 e. The molecule has 1 unspecified atom stereocenters. The molecular formula is C15H16O3. The molecule has 1 aromatic rings. The van der Waals surface area contributed by atoms with Crippen LogP contribution < -0.4 is 0 Å². The van der Waals surface area contributed by atoms with Crippen molar-refractivity contribution in [2.24, 2.45) is 0 Å². The molecule has 0 aromatic heterocycles. The van der Waals surface area contributed by atoms with Gasteiger partial charge in [-0.25, -0.2) is 4.79 Å². The van der Waals surface area contributed by atoms with E-state index in [-0.39, 0.29) is 5.97 Å². The Balaban J connectivity index is 2.51. The van der Waals surface area contributed by atoms with Gasteiger partial charge in [0.1, 0.15) is 0 Å². The standard InChI is InChI=1S/C15H16O3/c1-3-12-10-11-18-15(12,14(16)17-4-2)13-8-6-5-7-9-13/h3,5-10H,1,4,11H2,2H3. The zero-order valence-corrected chi connectivity index (χ0v) is 10.4. The summed E-state index contributed by atoms with van der Waals surface area (Å²) < 4.78 is 10.9. The van der Waals surface area contributed by atoms with Crippen molar-refractivity contribution in [1.82, 2.24) is 0 Å². The first-order valence-electron chi connectivity index (χ1n) is 5.95. The van der Waals surface area contributed by atoms with Crippen molar-refractivity contribution in [3.63, 3.8) is 0 Å². The van der Waals surface area contributed by atoms with E-state index in [9.17, 15) is 4.79 Å². The van der Waals surface area contributed by atoms with Crippen LogP contribution in [-0.2, 0) is 19.9 Å². The zero-order valence-electron chi connectivity index (χ0n) is 10.4. The second-order valence-electron chi connectivity index (χ2n) is 3.94. The van der Waals surface area contributed by atoms with Crippen LogP contribution in [0.2, 0.25) is 0 Å². The summed E-state index contributed by atoms with van der Waals surface area (Å²) in [6, 6.07) is 9.37. The number of hydrogen-bond donors (Lipinski definition) is 0. The first kappa shape index (κ1) is 12.6. The summed E-state index contributed by atoms with van der Waals surface area (Å²) in [5.41, 5.74) is 0.359. The van der Waals surface area contributed by atoms with Crippen LogP contribution in [0.25, 0.3) is 0 Å². The summed E-state index contributed by atoms with van der Waals surface area (Å²) in [5.74, 6) is -0.389. The third kappa shape index (κ3) is 1.87. The summed E-state index contributed by atoms with van der Waals surface area (Å²) in [6.45, 7) is 6.24. The maximum absolute atomic E-state index is 12.3. The van der Waals surface area contributed by atoms with E-state index in [0.717, 1.165) is 11.1 Å². The molecule has 0 saturated carbocycles. The number of carbonyl (C=O) groups excluding carboxylic acids is 1. The van der Waals surface area contributed by atoms with E-state index in [1.807, 2.05) is 36.4 Å². The molecular weight excluding hydrogens is 228 g/mol. The number of benzene rings is 1. The van der Waals surface area contributed by atoms with Gasteiger partial charge in [-0.2, -0.15) is 0 Å². The molecule has 94 valence electrons. The lowest BCUT2D eigenvalue weighted by molar-refractivity contribution is -0.164. The fraction of sp³-hybridized carbons (Fsp3) is 0.267. The predicted molar refractivity (Wildman–Crippen MR) is 69.0 cm³/mol. The molecule has 1 aromatic carbocycles. The average Bonchev–Trinajstić information content (AvgIpc) is 2.85. The van der Waals surface area contributed by atoms with Gasteiger partial charge in [-0.1, -0.05) is 49.1 Å². The van der Waals surface area contributed by atoms with E-state index in [4.69, 9.17) is 9.47 Å². The summed E-state index contributed by atoms with van der Waals surface area (Å²) >= 11 is 0. The van der Waals surface area contributed by atoms with Gasteiger partial charge in [0, 0.05) is 0 Å². The number of rotatable bonds is 4. The number of ether oxygens (including phenoxy) is 2. The lowest BCUT2D eigenvalue weighted by Crippen LogP contribution is -2.39. The van der Waals surface area contributed by atoms with Crippen molar-refractivity contribution in [3.8, 4) is 0 Å². The molecule has 1 atom stereocenters. The van der Waals surface area contributed by atoms with Gasteiger partial charge in [-0.05, 0) is 18.1 Å². The summed E-state index contributed by atoms with van der Waals surface area (Å²) in [4.78, 5) is 12.3. The van der Waals surface area contributed by atoms with Crippen molar-refractivity contribution >= 4 is 5.97 Å². The lowest BCUT2D eigenvalue weighted by atomic mass is 9.87. The van der Waals surface area contributed by atoms with E-state index in [0.29, 0.717) is 13.2 Å². The molecule has 0 aliphatic carbocycles. The quantitative estimate of drug-likeness (QED) is 0.764. The molecule has 1 heterocycles. The molecule has 0 amide bonds. The number of esters is 1. The topological polar surface area (TPSA) is 35.5 Å². The summed E-state index contributed by atoms with van der Waals surface area (Å²) in [6.07, 6.45) is 3.51. The molecule has 0 spiro atoms. The van der Waals surface area contributed by atoms with Gasteiger partial charge in [-0.3, -0.25) is 0 Å². The van der Waals surface area contributed by atoms with Gasteiger partial charge in [0.15, 0.2) is 0 Å². The van der Waals surface area contributed by atoms with Crippen LogP contribution in [0.5, 0.6) is 0 Å². The maximum atomic E-state index is 12.3. The highest BCUT2D eigenvalue weighted by Crippen LogP contribution is 2.39. The highest BCUT2D eigenvalue weighted by molar-refractivity contribution is 5.87. The Labute approximate surface area is 107 Å². The van der Waals surface area contributed by atoms with Crippen molar-refractivity contribution < 1.29 is 14.3 Å². The van der Waals surface area contributed by atoms with Crippen LogP contribution >= 0.6 is 0 Å². The van der Waals surface area contributed by atoms with Crippen LogP contribution in [-0.4, -0.2) is 19.2 Å². The first-order chi connectivity index (χ1) is 8.75. The summed E-state index contributed by atoms with van der Waals surface area (Å²) in [5, 5.41) is 0. The molecule has 3 nitrogen and oxygen atoms in total. The van der Waals surface area contributed by atoms with Crippen LogP contribution in [0.15, 0.2) is 54.6 Å². The number of carbonyl (C=O) groups is 1. The molecule has 18 heavy (non-hydrogen) atoms. The highest BCUT2D eigenvalue weighted by Gasteiger charge is 2.47. The normalized spacial score (nSPS) is 22.4. The molecule has 1 aliphatic heterocycles. The van der Waals surface area contributed by atoms with Crippen LogP contribution in [0.3, 0.4) is 0 Å². The Morgan fingerprint density at radius 2 is 2.22 bits per heavy atom. The Kier molecular flexibility index (Phi) is 3.63. The Bertz CT molecular complexity index is 476. The minimum absolute atomic E-state index is 0.321. The van der Waals surface area contributed by atoms with Gasteiger partial charge in [0.05, 0.1) is 13.2 Å². The average molecular weight is 244 g/mol. The van der Waals surface area contributed by atoms with Gasteiger partial charge in [0.2, 0.25) is 5.60 Å². The SMILES string of the molecule is C=CC1=CCOC1(C(=O)OCC)c1ccccc1. The minimum Gasteiger partial charge on any atom is -0.463 e. The third-order valence-corrected chi connectivity index (χ3v) is 2.97. The third-order valence-electron chi connectivity index (χ3n) is 2.97. The molecule has 0 saturated heterocycles. The second kappa shape index (κ2) is 5.19. The van der Waals surface area contributed by atoms with Gasteiger partial charge >= 0.3 is 5.97 Å². The van der Waals surface area contributed by atoms with E-state index < -0.39 is 5.60 Å². The van der Waals surface area contributed by atoms with E-state index in [2.05, 4.69) is 6.58 Å². The van der Waals surface area contributed by atoms with Crippen LogP contribution in [0.4, 0.5) is 0 Å². The van der Waals surface area contributed by atoms with Crippen molar-refractivity contribution in [3.05, 3.63) is 60.2 Å². The predicted octanol–water partition coefficient (Wildman–Crippen LogP) is 2.59.